The molecule has 0 unspecified atom stereocenters. The Kier molecular flexibility index (Phi) is 1.49. The minimum Gasteiger partial charge on any atom is -0.508 e. The van der Waals surface area contributed by atoms with Crippen LogP contribution in [0.25, 0.3) is 10.9 Å². The van der Waals surface area contributed by atoms with Crippen LogP contribution in [0.3, 0.4) is 0 Å². The number of fused-ring (bicyclic) bond motifs is 1. The molecule has 0 aliphatic heterocycles. The van der Waals surface area contributed by atoms with Crippen LogP contribution in [0, 0.1) is 3.70 Å². The topological polar surface area (TPSA) is 48.9 Å². The maximum Gasteiger partial charge on any atom is 0.116 e. The molecule has 3 nitrogen and oxygen atoms in total. The van der Waals surface area contributed by atoms with Crippen LogP contribution >= 0.6 is 22.6 Å². The number of phenolic OH excluding ortho intramolecular Hbond substituents is 1. The van der Waals surface area contributed by atoms with Crippen LogP contribution in [-0.2, 0) is 0 Å². The Morgan fingerprint density at radius 1 is 1.45 bits per heavy atom. The number of hydrogen-bond acceptors (Lipinski definition) is 2. The highest BCUT2D eigenvalue weighted by Crippen LogP contribution is 2.21. The van der Waals surface area contributed by atoms with Crippen LogP contribution < -0.4 is 0 Å². The van der Waals surface area contributed by atoms with Crippen molar-refractivity contribution in [1.29, 1.82) is 0 Å². The zero-order valence-electron chi connectivity index (χ0n) is 5.50. The number of aromatic amines is 1. The lowest BCUT2D eigenvalue weighted by atomic mass is 10.2. The van der Waals surface area contributed by atoms with Crippen molar-refractivity contribution in [3.63, 3.8) is 0 Å². The Balaban J connectivity index is 2.87. The van der Waals surface area contributed by atoms with E-state index in [1.54, 1.807) is 18.2 Å². The summed E-state index contributed by atoms with van der Waals surface area (Å²) in [4.78, 5) is 0. The molecule has 0 fully saturated rings. The van der Waals surface area contributed by atoms with Crippen molar-refractivity contribution in [3.05, 3.63) is 21.9 Å². The maximum absolute atomic E-state index is 9.13. The Hall–Kier alpha value is -0.780. The van der Waals surface area contributed by atoms with Crippen molar-refractivity contribution >= 4 is 33.5 Å². The van der Waals surface area contributed by atoms with Gasteiger partial charge in [-0.25, -0.2) is 0 Å². The number of H-pyrrole nitrogens is 1. The van der Waals surface area contributed by atoms with Gasteiger partial charge in [0.05, 0.1) is 5.52 Å². The highest BCUT2D eigenvalue weighted by molar-refractivity contribution is 14.1. The second-order valence-electron chi connectivity index (χ2n) is 2.24. The number of hydrogen-bond donors (Lipinski definition) is 2. The molecule has 2 N–H and O–H groups in total. The Morgan fingerprint density at radius 2 is 2.27 bits per heavy atom. The third-order valence-electron chi connectivity index (χ3n) is 1.49. The fourth-order valence-electron chi connectivity index (χ4n) is 0.967. The van der Waals surface area contributed by atoms with E-state index in [2.05, 4.69) is 32.8 Å². The summed E-state index contributed by atoms with van der Waals surface area (Å²) in [6.07, 6.45) is 0. The van der Waals surface area contributed by atoms with Gasteiger partial charge >= 0.3 is 0 Å². The summed E-state index contributed by atoms with van der Waals surface area (Å²) in [5.74, 6) is 0.275. The molecule has 0 bridgehead atoms. The van der Waals surface area contributed by atoms with Crippen LogP contribution in [0.15, 0.2) is 18.2 Å². The number of aromatic nitrogens is 2. The van der Waals surface area contributed by atoms with Gasteiger partial charge in [-0.1, -0.05) is 0 Å². The number of nitrogens with zero attached hydrogens (tertiary/aromatic N) is 1. The summed E-state index contributed by atoms with van der Waals surface area (Å²) in [6.45, 7) is 0. The molecule has 0 aliphatic carbocycles. The predicted octanol–water partition coefficient (Wildman–Crippen LogP) is 1.87. The standard InChI is InChI=1S/C7H5IN2O/c8-7-5-3-4(11)1-2-6(5)9-10-7/h1-3,11H,(H,9,10). The minimum atomic E-state index is 0.275. The number of nitrogens with one attached hydrogen (secondary N) is 1. The van der Waals surface area contributed by atoms with E-state index in [1.165, 1.54) is 0 Å². The molecule has 0 radical (unpaired) electrons. The monoisotopic (exact) mass is 260 g/mol. The van der Waals surface area contributed by atoms with E-state index in [4.69, 9.17) is 5.11 Å². The zero-order valence-corrected chi connectivity index (χ0v) is 7.66. The van der Waals surface area contributed by atoms with Crippen molar-refractivity contribution in [2.24, 2.45) is 0 Å². The molecule has 2 aromatic rings. The molecule has 0 atom stereocenters. The van der Waals surface area contributed by atoms with Gasteiger partial charge < -0.3 is 5.11 Å². The van der Waals surface area contributed by atoms with Gasteiger partial charge in [0.15, 0.2) is 0 Å². The normalized spacial score (nSPS) is 10.6. The van der Waals surface area contributed by atoms with E-state index in [1.807, 2.05) is 0 Å². The van der Waals surface area contributed by atoms with Crippen molar-refractivity contribution in [2.75, 3.05) is 0 Å². The first kappa shape index (κ1) is 6.90. The molecule has 1 heterocycles. The number of benzene rings is 1. The lowest BCUT2D eigenvalue weighted by Gasteiger charge is -1.89. The third-order valence-corrected chi connectivity index (χ3v) is 2.31. The Bertz CT molecular complexity index is 396. The van der Waals surface area contributed by atoms with Crippen LogP contribution in [0.4, 0.5) is 0 Å². The second kappa shape index (κ2) is 2.37. The number of rotatable bonds is 0. The van der Waals surface area contributed by atoms with Crippen LogP contribution in [0.5, 0.6) is 5.75 Å². The van der Waals surface area contributed by atoms with Gasteiger partial charge in [0, 0.05) is 5.39 Å². The molecule has 0 aliphatic rings. The van der Waals surface area contributed by atoms with Crippen LogP contribution in [0.2, 0.25) is 0 Å². The zero-order chi connectivity index (χ0) is 7.84. The van der Waals surface area contributed by atoms with Gasteiger partial charge in [0.1, 0.15) is 9.45 Å². The summed E-state index contributed by atoms with van der Waals surface area (Å²) >= 11 is 2.14. The number of aromatic hydroxyl groups is 1. The highest BCUT2D eigenvalue weighted by atomic mass is 127. The van der Waals surface area contributed by atoms with E-state index < -0.39 is 0 Å². The average Bonchev–Trinajstić information content (AvgIpc) is 2.33. The average molecular weight is 260 g/mol. The van der Waals surface area contributed by atoms with Gasteiger partial charge in [-0.3, -0.25) is 5.10 Å². The van der Waals surface area contributed by atoms with E-state index in [0.29, 0.717) is 0 Å². The summed E-state index contributed by atoms with van der Waals surface area (Å²) in [7, 11) is 0. The first-order valence-corrected chi connectivity index (χ1v) is 4.18. The fraction of sp³-hybridized carbons (Fsp3) is 0. The van der Waals surface area contributed by atoms with Crippen molar-refractivity contribution in [2.45, 2.75) is 0 Å². The molecule has 0 saturated heterocycles. The van der Waals surface area contributed by atoms with Crippen LogP contribution in [-0.4, -0.2) is 15.3 Å². The second-order valence-corrected chi connectivity index (χ2v) is 3.32. The molecule has 0 spiro atoms. The van der Waals surface area contributed by atoms with E-state index in [0.717, 1.165) is 14.6 Å². The molecular weight excluding hydrogens is 255 g/mol. The molecule has 11 heavy (non-hydrogen) atoms. The smallest absolute Gasteiger partial charge is 0.116 e. The summed E-state index contributed by atoms with van der Waals surface area (Å²) in [6, 6.07) is 5.10. The highest BCUT2D eigenvalue weighted by Gasteiger charge is 2.01. The molecule has 1 aromatic carbocycles. The SMILES string of the molecule is Oc1ccc2n[nH]c(I)c2c1. The Labute approximate surface area is 76.6 Å². The van der Waals surface area contributed by atoms with E-state index >= 15 is 0 Å². The molecule has 56 valence electrons. The van der Waals surface area contributed by atoms with Gasteiger partial charge in [0.2, 0.25) is 0 Å². The van der Waals surface area contributed by atoms with Gasteiger partial charge in [-0.15, -0.1) is 0 Å². The molecular formula is C7H5IN2O. The molecule has 1 aromatic heterocycles. The summed E-state index contributed by atoms with van der Waals surface area (Å²) < 4.78 is 0.952. The molecule has 0 amide bonds. The molecule has 0 saturated carbocycles. The largest absolute Gasteiger partial charge is 0.508 e. The van der Waals surface area contributed by atoms with Crippen molar-refractivity contribution in [1.82, 2.24) is 10.2 Å². The molecule has 4 heteroatoms. The lowest BCUT2D eigenvalue weighted by Crippen LogP contribution is -1.68. The summed E-state index contributed by atoms with van der Waals surface area (Å²) in [5.41, 5.74) is 0.882. The van der Waals surface area contributed by atoms with Gasteiger partial charge in [0.25, 0.3) is 0 Å². The fourth-order valence-corrected chi connectivity index (χ4v) is 1.52. The van der Waals surface area contributed by atoms with Crippen LogP contribution in [0.1, 0.15) is 0 Å². The van der Waals surface area contributed by atoms with Crippen molar-refractivity contribution in [3.8, 4) is 5.75 Å². The Morgan fingerprint density at radius 3 is 3.09 bits per heavy atom. The predicted molar refractivity (Wildman–Crippen MR) is 50.5 cm³/mol. The lowest BCUT2D eigenvalue weighted by molar-refractivity contribution is 0.476. The quantitative estimate of drug-likeness (QED) is 0.710. The number of halogens is 1. The first-order valence-electron chi connectivity index (χ1n) is 3.10. The van der Waals surface area contributed by atoms with Gasteiger partial charge in [-0.2, -0.15) is 5.10 Å². The first-order chi connectivity index (χ1) is 5.27. The van der Waals surface area contributed by atoms with E-state index in [9.17, 15) is 0 Å². The van der Waals surface area contributed by atoms with E-state index in [-0.39, 0.29) is 5.75 Å². The molecule has 2 rings (SSSR count). The minimum absolute atomic E-state index is 0.275. The number of phenols is 1. The maximum atomic E-state index is 9.13. The van der Waals surface area contributed by atoms with Gasteiger partial charge in [-0.05, 0) is 40.8 Å². The summed E-state index contributed by atoms with van der Waals surface area (Å²) in [5, 5.41) is 16.9. The van der Waals surface area contributed by atoms with Crippen molar-refractivity contribution < 1.29 is 5.11 Å². The third kappa shape index (κ3) is 1.07.